The molecule has 3 rings (SSSR count). The molecule has 0 radical (unpaired) electrons. The monoisotopic (exact) mass is 274 g/mol. The summed E-state index contributed by atoms with van der Waals surface area (Å²) in [5, 5.41) is 7.23. The van der Waals surface area contributed by atoms with Gasteiger partial charge in [-0.1, -0.05) is 0 Å². The van der Waals surface area contributed by atoms with E-state index in [1.54, 1.807) is 17.1 Å². The molecule has 0 saturated heterocycles. The van der Waals surface area contributed by atoms with Gasteiger partial charge < -0.3 is 10.1 Å². The normalized spacial score (nSPS) is 15.4. The van der Waals surface area contributed by atoms with Crippen LogP contribution in [0.5, 0.6) is 6.01 Å². The van der Waals surface area contributed by atoms with Crippen LogP contribution in [0.1, 0.15) is 32.6 Å². The van der Waals surface area contributed by atoms with Crippen LogP contribution >= 0.6 is 0 Å². The third-order valence-corrected chi connectivity index (χ3v) is 3.22. The Labute approximate surface area is 117 Å². The molecule has 0 aliphatic heterocycles. The Balaban J connectivity index is 1.87. The second kappa shape index (κ2) is 5.85. The quantitative estimate of drug-likeness (QED) is 0.896. The Hall–Kier alpha value is -2.18. The van der Waals surface area contributed by atoms with Crippen LogP contribution in [0.15, 0.2) is 18.5 Å². The summed E-state index contributed by atoms with van der Waals surface area (Å²) in [6, 6.07) is 2.20. The van der Waals surface area contributed by atoms with Crippen molar-refractivity contribution in [1.29, 1.82) is 0 Å². The Morgan fingerprint density at radius 1 is 1.30 bits per heavy atom. The average molecular weight is 274 g/mol. The molecule has 0 amide bonds. The molecule has 1 fully saturated rings. The number of nitrogens with one attached hydrogen (secondary N) is 1. The molecule has 0 unspecified atom stereocenters. The molecule has 2 heterocycles. The van der Waals surface area contributed by atoms with Gasteiger partial charge in [-0.05, 0) is 38.7 Å². The van der Waals surface area contributed by atoms with Crippen LogP contribution in [0.3, 0.4) is 0 Å². The smallest absolute Gasteiger partial charge is 0.323 e. The molecule has 2 aromatic rings. The minimum atomic E-state index is 0.220. The van der Waals surface area contributed by atoms with Gasteiger partial charge in [0.25, 0.3) is 5.95 Å². The van der Waals surface area contributed by atoms with Crippen LogP contribution in [0.25, 0.3) is 5.95 Å². The number of rotatable bonds is 5. The number of anilines is 1. The largest absolute Gasteiger partial charge is 0.460 e. The lowest BCUT2D eigenvalue weighted by Gasteiger charge is -2.12. The Morgan fingerprint density at radius 3 is 2.85 bits per heavy atom. The first-order valence-electron chi connectivity index (χ1n) is 7.02. The fourth-order valence-electron chi connectivity index (χ4n) is 2.28. The van der Waals surface area contributed by atoms with Gasteiger partial charge in [0, 0.05) is 18.9 Å². The van der Waals surface area contributed by atoms with Crippen molar-refractivity contribution in [1.82, 2.24) is 24.7 Å². The second-order valence-electron chi connectivity index (χ2n) is 4.75. The van der Waals surface area contributed by atoms with Crippen molar-refractivity contribution < 1.29 is 4.74 Å². The summed E-state index contributed by atoms with van der Waals surface area (Å²) in [6.45, 7) is 2.74. The molecule has 20 heavy (non-hydrogen) atoms. The van der Waals surface area contributed by atoms with Crippen molar-refractivity contribution in [2.45, 2.75) is 38.7 Å². The first kappa shape index (κ1) is 12.8. The number of aromatic nitrogens is 5. The molecular weight excluding hydrogens is 256 g/mol. The number of ether oxygens (including phenoxy) is 1. The molecule has 7 nitrogen and oxygen atoms in total. The predicted octanol–water partition coefficient (Wildman–Crippen LogP) is 1.81. The lowest BCUT2D eigenvalue weighted by atomic mass is 10.3. The maximum absolute atomic E-state index is 5.86. The summed E-state index contributed by atoms with van der Waals surface area (Å²) in [4.78, 5) is 13.0. The number of hydrogen-bond donors (Lipinski definition) is 1. The molecule has 1 aliphatic carbocycles. The van der Waals surface area contributed by atoms with Crippen molar-refractivity contribution in [3.05, 3.63) is 18.5 Å². The Kier molecular flexibility index (Phi) is 3.76. The van der Waals surface area contributed by atoms with E-state index in [4.69, 9.17) is 4.74 Å². The van der Waals surface area contributed by atoms with Gasteiger partial charge in [0.2, 0.25) is 5.95 Å². The summed E-state index contributed by atoms with van der Waals surface area (Å²) in [5.41, 5.74) is 0. The van der Waals surface area contributed by atoms with E-state index in [1.807, 2.05) is 13.0 Å². The van der Waals surface area contributed by atoms with Gasteiger partial charge in [-0.25, -0.2) is 4.68 Å². The minimum absolute atomic E-state index is 0.220. The van der Waals surface area contributed by atoms with E-state index in [0.717, 1.165) is 19.4 Å². The van der Waals surface area contributed by atoms with Gasteiger partial charge in [-0.3, -0.25) is 0 Å². The van der Waals surface area contributed by atoms with E-state index in [-0.39, 0.29) is 6.10 Å². The topological polar surface area (TPSA) is 77.8 Å². The van der Waals surface area contributed by atoms with Gasteiger partial charge in [-0.2, -0.15) is 20.1 Å². The third-order valence-electron chi connectivity index (χ3n) is 3.22. The zero-order chi connectivity index (χ0) is 13.8. The summed E-state index contributed by atoms with van der Waals surface area (Å²) in [6.07, 6.45) is 8.26. The zero-order valence-corrected chi connectivity index (χ0v) is 11.5. The molecule has 7 heteroatoms. The number of nitrogens with zero attached hydrogens (tertiary/aromatic N) is 5. The lowest BCUT2D eigenvalue weighted by Crippen LogP contribution is -2.16. The van der Waals surface area contributed by atoms with Crippen molar-refractivity contribution in [2.24, 2.45) is 0 Å². The summed E-state index contributed by atoms with van der Waals surface area (Å²) in [5.74, 6) is 0.981. The van der Waals surface area contributed by atoms with E-state index in [0.29, 0.717) is 17.9 Å². The minimum Gasteiger partial charge on any atom is -0.460 e. The fourth-order valence-corrected chi connectivity index (χ4v) is 2.28. The highest BCUT2D eigenvalue weighted by Crippen LogP contribution is 2.22. The van der Waals surface area contributed by atoms with E-state index < -0.39 is 0 Å². The van der Waals surface area contributed by atoms with Crippen molar-refractivity contribution in [2.75, 3.05) is 11.9 Å². The van der Waals surface area contributed by atoms with Gasteiger partial charge >= 0.3 is 6.01 Å². The highest BCUT2D eigenvalue weighted by atomic mass is 16.5. The lowest BCUT2D eigenvalue weighted by molar-refractivity contribution is 0.191. The molecule has 2 aromatic heterocycles. The molecule has 0 bridgehead atoms. The highest BCUT2D eigenvalue weighted by Gasteiger charge is 2.19. The van der Waals surface area contributed by atoms with Crippen LogP contribution in [0.4, 0.5) is 5.95 Å². The summed E-state index contributed by atoms with van der Waals surface area (Å²) < 4.78 is 7.46. The summed E-state index contributed by atoms with van der Waals surface area (Å²) >= 11 is 0. The fraction of sp³-hybridized carbons (Fsp3) is 0.538. The van der Waals surface area contributed by atoms with Gasteiger partial charge in [-0.15, -0.1) is 0 Å². The first-order valence-corrected chi connectivity index (χ1v) is 7.02. The van der Waals surface area contributed by atoms with Crippen LogP contribution in [0.2, 0.25) is 0 Å². The third kappa shape index (κ3) is 2.87. The molecular formula is C13H18N6O. The molecule has 106 valence electrons. The molecule has 1 aliphatic rings. The van der Waals surface area contributed by atoms with E-state index in [2.05, 4.69) is 25.4 Å². The van der Waals surface area contributed by atoms with Gasteiger partial charge in [0.15, 0.2) is 0 Å². The van der Waals surface area contributed by atoms with Crippen LogP contribution in [0, 0.1) is 0 Å². The van der Waals surface area contributed by atoms with E-state index in [1.165, 1.54) is 12.8 Å². The Bertz CT molecular complexity index is 550. The van der Waals surface area contributed by atoms with Crippen LogP contribution in [-0.4, -0.2) is 37.4 Å². The van der Waals surface area contributed by atoms with Gasteiger partial charge in [0.05, 0.1) is 0 Å². The highest BCUT2D eigenvalue weighted by molar-refractivity contribution is 5.29. The number of hydrogen-bond acceptors (Lipinski definition) is 6. The molecule has 0 spiro atoms. The maximum atomic E-state index is 5.86. The van der Waals surface area contributed by atoms with E-state index >= 15 is 0 Å². The molecule has 0 aromatic carbocycles. The summed E-state index contributed by atoms with van der Waals surface area (Å²) in [7, 11) is 0. The van der Waals surface area contributed by atoms with Crippen LogP contribution in [-0.2, 0) is 0 Å². The second-order valence-corrected chi connectivity index (χ2v) is 4.75. The van der Waals surface area contributed by atoms with Crippen LogP contribution < -0.4 is 10.1 Å². The zero-order valence-electron chi connectivity index (χ0n) is 11.5. The predicted molar refractivity (Wildman–Crippen MR) is 74.0 cm³/mol. The first-order chi connectivity index (χ1) is 9.85. The van der Waals surface area contributed by atoms with Crippen molar-refractivity contribution in [3.8, 4) is 12.0 Å². The van der Waals surface area contributed by atoms with Crippen molar-refractivity contribution >= 4 is 5.95 Å². The maximum Gasteiger partial charge on any atom is 0.323 e. The van der Waals surface area contributed by atoms with Gasteiger partial charge in [0.1, 0.15) is 6.10 Å². The molecule has 1 N–H and O–H groups in total. The molecule has 1 saturated carbocycles. The average Bonchev–Trinajstić information content (AvgIpc) is 3.11. The van der Waals surface area contributed by atoms with E-state index in [9.17, 15) is 0 Å². The molecule has 0 atom stereocenters. The SMILES string of the molecule is CCNc1nc(OC2CCCC2)nc(-n2cccn2)n1. The Morgan fingerprint density at radius 2 is 2.15 bits per heavy atom. The van der Waals surface area contributed by atoms with Crippen molar-refractivity contribution in [3.63, 3.8) is 0 Å². The standard InChI is InChI=1S/C13H18N6O/c1-2-14-11-16-12(19-9-5-8-15-19)18-13(17-11)20-10-6-3-4-7-10/h5,8-10H,2-4,6-7H2,1H3,(H,14,16,17,18).